The van der Waals surface area contributed by atoms with Crippen molar-refractivity contribution in [2.45, 2.75) is 0 Å². The summed E-state index contributed by atoms with van der Waals surface area (Å²) in [5, 5.41) is 5.77. The summed E-state index contributed by atoms with van der Waals surface area (Å²) in [5.74, 6) is 0. The first-order valence-corrected chi connectivity index (χ1v) is 10.1. The number of nitrogens with zero attached hydrogens (tertiary/aromatic N) is 1. The molecule has 0 spiro atoms. The van der Waals surface area contributed by atoms with Gasteiger partial charge in [-0.2, -0.15) is 0 Å². The number of pyridine rings is 1. The molecule has 0 radical (unpaired) electrons. The first-order chi connectivity index (χ1) is 14.9. The third-order valence-corrected chi connectivity index (χ3v) is 6.01. The van der Waals surface area contributed by atoms with E-state index >= 15 is 0 Å². The molecule has 0 atom stereocenters. The van der Waals surface area contributed by atoms with E-state index in [0.29, 0.717) is 0 Å². The van der Waals surface area contributed by atoms with Gasteiger partial charge in [-0.05, 0) is 29.8 Å². The number of furan rings is 1. The van der Waals surface area contributed by atoms with E-state index in [0.717, 1.165) is 49.4 Å². The Kier molecular flexibility index (Phi) is 3.00. The van der Waals surface area contributed by atoms with E-state index in [-0.39, 0.29) is 0 Å². The maximum Gasteiger partial charge on any atom is 0.139 e. The monoisotopic (exact) mass is 384 g/mol. The van der Waals surface area contributed by atoms with Crippen molar-refractivity contribution in [1.29, 1.82) is 0 Å². The van der Waals surface area contributed by atoms with Gasteiger partial charge in [0.25, 0.3) is 0 Å². The highest BCUT2D eigenvalue weighted by atomic mass is 16.3. The zero-order valence-electron chi connectivity index (χ0n) is 16.0. The summed E-state index contributed by atoms with van der Waals surface area (Å²) in [6.07, 6.45) is 0. The number of aromatic amines is 1. The lowest BCUT2D eigenvalue weighted by Gasteiger charge is -2.11. The molecule has 0 bridgehead atoms. The highest BCUT2D eigenvalue weighted by Gasteiger charge is 2.19. The van der Waals surface area contributed by atoms with Crippen LogP contribution in [0.15, 0.2) is 95.4 Å². The van der Waals surface area contributed by atoms with Gasteiger partial charge in [-0.25, -0.2) is 4.98 Å². The van der Waals surface area contributed by atoms with Crippen LogP contribution in [0.3, 0.4) is 0 Å². The van der Waals surface area contributed by atoms with E-state index in [2.05, 4.69) is 77.8 Å². The van der Waals surface area contributed by atoms with Crippen molar-refractivity contribution in [2.24, 2.45) is 0 Å². The highest BCUT2D eigenvalue weighted by Crippen LogP contribution is 2.43. The average Bonchev–Trinajstić information content (AvgIpc) is 3.35. The van der Waals surface area contributed by atoms with Crippen LogP contribution in [0.4, 0.5) is 0 Å². The summed E-state index contributed by atoms with van der Waals surface area (Å²) in [7, 11) is 0. The van der Waals surface area contributed by atoms with Gasteiger partial charge in [-0.15, -0.1) is 0 Å². The van der Waals surface area contributed by atoms with Crippen LogP contribution in [0.1, 0.15) is 0 Å². The Labute approximate surface area is 171 Å². The lowest BCUT2D eigenvalue weighted by molar-refractivity contribution is 0.669. The fourth-order valence-corrected chi connectivity index (χ4v) is 4.77. The van der Waals surface area contributed by atoms with Gasteiger partial charge < -0.3 is 9.40 Å². The second-order valence-electron chi connectivity index (χ2n) is 7.68. The van der Waals surface area contributed by atoms with Gasteiger partial charge in [0.05, 0.1) is 5.52 Å². The van der Waals surface area contributed by atoms with Crippen LogP contribution < -0.4 is 0 Å². The van der Waals surface area contributed by atoms with Gasteiger partial charge in [-0.1, -0.05) is 66.7 Å². The molecule has 3 heterocycles. The van der Waals surface area contributed by atoms with E-state index < -0.39 is 0 Å². The second kappa shape index (κ2) is 5.71. The SMILES string of the molecule is c1ccc2c(-c3cccc4oc5ccccc5c34)c3c(nc2c1)[nH]c1ccccc13. The number of benzene rings is 4. The van der Waals surface area contributed by atoms with Crippen LogP contribution in [-0.2, 0) is 0 Å². The molecule has 0 saturated heterocycles. The topological polar surface area (TPSA) is 41.8 Å². The summed E-state index contributed by atoms with van der Waals surface area (Å²) in [6.45, 7) is 0. The summed E-state index contributed by atoms with van der Waals surface area (Å²) in [4.78, 5) is 8.48. The Bertz CT molecular complexity index is 1750. The second-order valence-corrected chi connectivity index (χ2v) is 7.68. The summed E-state index contributed by atoms with van der Waals surface area (Å²) in [6, 6.07) is 31.4. The Balaban J connectivity index is 1.78. The zero-order chi connectivity index (χ0) is 19.7. The van der Waals surface area contributed by atoms with Crippen LogP contribution in [-0.4, -0.2) is 9.97 Å². The molecule has 30 heavy (non-hydrogen) atoms. The Morgan fingerprint density at radius 3 is 2.27 bits per heavy atom. The number of H-pyrrole nitrogens is 1. The maximum atomic E-state index is 6.18. The Hall–Kier alpha value is -4.11. The lowest BCUT2D eigenvalue weighted by atomic mass is 9.93. The molecular weight excluding hydrogens is 368 g/mol. The fourth-order valence-electron chi connectivity index (χ4n) is 4.77. The Morgan fingerprint density at radius 1 is 0.600 bits per heavy atom. The van der Waals surface area contributed by atoms with Gasteiger partial charge in [0, 0.05) is 38.0 Å². The highest BCUT2D eigenvalue weighted by molar-refractivity contribution is 6.24. The standard InChI is InChI=1S/C27H16N2O/c1-4-12-20-16(8-1)25(26-17-9-2-5-13-21(17)29-27(26)28-20)19-11-7-15-23-24(19)18-10-3-6-14-22(18)30-23/h1-15H,(H,28,29). The molecule has 3 nitrogen and oxygen atoms in total. The maximum absolute atomic E-state index is 6.18. The smallest absolute Gasteiger partial charge is 0.139 e. The lowest BCUT2D eigenvalue weighted by Crippen LogP contribution is -1.88. The van der Waals surface area contributed by atoms with Gasteiger partial charge in [0.15, 0.2) is 0 Å². The molecule has 0 amide bonds. The number of fused-ring (bicyclic) bond motifs is 7. The minimum Gasteiger partial charge on any atom is -0.456 e. The molecule has 3 aromatic heterocycles. The summed E-state index contributed by atoms with van der Waals surface area (Å²) >= 11 is 0. The first-order valence-electron chi connectivity index (χ1n) is 10.1. The van der Waals surface area contributed by atoms with E-state index in [9.17, 15) is 0 Å². The van der Waals surface area contributed by atoms with E-state index in [4.69, 9.17) is 9.40 Å². The summed E-state index contributed by atoms with van der Waals surface area (Å²) < 4.78 is 6.18. The average molecular weight is 384 g/mol. The van der Waals surface area contributed by atoms with Crippen molar-refractivity contribution >= 4 is 54.8 Å². The predicted molar refractivity (Wildman–Crippen MR) is 124 cm³/mol. The molecular formula is C27H16N2O. The normalized spacial score (nSPS) is 12.0. The van der Waals surface area contributed by atoms with Crippen LogP contribution >= 0.6 is 0 Å². The van der Waals surface area contributed by atoms with Crippen LogP contribution in [0, 0.1) is 0 Å². The number of rotatable bonds is 1. The van der Waals surface area contributed by atoms with Crippen molar-refractivity contribution in [1.82, 2.24) is 9.97 Å². The molecule has 7 rings (SSSR count). The van der Waals surface area contributed by atoms with E-state index in [1.165, 1.54) is 16.5 Å². The van der Waals surface area contributed by atoms with Gasteiger partial charge in [-0.3, -0.25) is 0 Å². The minimum absolute atomic E-state index is 0.905. The molecule has 0 aliphatic heterocycles. The quantitative estimate of drug-likeness (QED) is 0.320. The third-order valence-electron chi connectivity index (χ3n) is 6.01. The molecule has 0 unspecified atom stereocenters. The van der Waals surface area contributed by atoms with Gasteiger partial charge >= 0.3 is 0 Å². The van der Waals surface area contributed by atoms with Gasteiger partial charge in [0.2, 0.25) is 0 Å². The van der Waals surface area contributed by atoms with Crippen molar-refractivity contribution in [2.75, 3.05) is 0 Å². The number of para-hydroxylation sites is 3. The van der Waals surface area contributed by atoms with Crippen LogP contribution in [0.5, 0.6) is 0 Å². The van der Waals surface area contributed by atoms with Crippen LogP contribution in [0.2, 0.25) is 0 Å². The number of nitrogens with one attached hydrogen (secondary N) is 1. The van der Waals surface area contributed by atoms with Crippen LogP contribution in [0.25, 0.3) is 65.9 Å². The third kappa shape index (κ3) is 2.01. The molecule has 7 aromatic rings. The van der Waals surface area contributed by atoms with Crippen molar-refractivity contribution in [3.8, 4) is 11.1 Å². The molecule has 1 N–H and O–H groups in total. The molecule has 0 saturated carbocycles. The Morgan fingerprint density at radius 2 is 1.33 bits per heavy atom. The number of hydrogen-bond donors (Lipinski definition) is 1. The molecule has 0 aliphatic carbocycles. The first kappa shape index (κ1) is 15.8. The largest absolute Gasteiger partial charge is 0.456 e. The van der Waals surface area contributed by atoms with Crippen molar-refractivity contribution < 1.29 is 4.42 Å². The van der Waals surface area contributed by atoms with Crippen molar-refractivity contribution in [3.05, 3.63) is 91.0 Å². The predicted octanol–water partition coefficient (Wildman–Crippen LogP) is 7.44. The van der Waals surface area contributed by atoms with E-state index in [1.807, 2.05) is 18.2 Å². The van der Waals surface area contributed by atoms with E-state index in [1.54, 1.807) is 0 Å². The molecule has 0 aliphatic rings. The molecule has 140 valence electrons. The molecule has 4 aromatic carbocycles. The molecule has 0 fully saturated rings. The number of hydrogen-bond acceptors (Lipinski definition) is 2. The van der Waals surface area contributed by atoms with Crippen molar-refractivity contribution in [3.63, 3.8) is 0 Å². The number of aromatic nitrogens is 2. The van der Waals surface area contributed by atoms with Gasteiger partial charge in [0.1, 0.15) is 16.8 Å². The fraction of sp³-hybridized carbons (Fsp3) is 0. The summed E-state index contributed by atoms with van der Waals surface area (Å²) in [5.41, 5.74) is 7.18. The minimum atomic E-state index is 0.905. The molecule has 3 heteroatoms. The zero-order valence-corrected chi connectivity index (χ0v) is 16.0.